The van der Waals surface area contributed by atoms with Crippen LogP contribution in [0.1, 0.15) is 25.7 Å². The molecule has 2 aliphatic rings. The lowest BCUT2D eigenvalue weighted by Crippen LogP contribution is -2.48. The van der Waals surface area contributed by atoms with Crippen molar-refractivity contribution in [3.05, 3.63) is 0 Å². The molecule has 0 aromatic carbocycles. The molecule has 6 nitrogen and oxygen atoms in total. The zero-order valence-corrected chi connectivity index (χ0v) is 10.5. The van der Waals surface area contributed by atoms with Gasteiger partial charge in [-0.05, 0) is 25.7 Å². The summed E-state index contributed by atoms with van der Waals surface area (Å²) in [6.45, 7) is 1.70. The predicted molar refractivity (Wildman–Crippen MR) is 61.7 cm³/mol. The molecular weight excluding hydrogens is 244 g/mol. The Morgan fingerprint density at radius 3 is 2.24 bits per heavy atom. The fourth-order valence-electron chi connectivity index (χ4n) is 2.44. The van der Waals surface area contributed by atoms with Crippen molar-refractivity contribution in [1.29, 1.82) is 0 Å². The van der Waals surface area contributed by atoms with Crippen LogP contribution in [-0.4, -0.2) is 54.3 Å². The van der Waals surface area contributed by atoms with Gasteiger partial charge in [-0.2, -0.15) is 17.0 Å². The number of nitrogens with zero attached hydrogens (tertiary/aromatic N) is 2. The third-order valence-corrected chi connectivity index (χ3v) is 5.45. The molecule has 0 spiro atoms. The molecule has 1 N–H and O–H groups in total. The molecule has 0 aromatic rings. The number of hydrogen-bond acceptors (Lipinski definition) is 3. The summed E-state index contributed by atoms with van der Waals surface area (Å²) in [4.78, 5) is 10.9. The van der Waals surface area contributed by atoms with Gasteiger partial charge in [0.05, 0.1) is 5.92 Å². The molecule has 0 unspecified atom stereocenters. The SMILES string of the molecule is O=C(O)[C@H]1CCCN(S(=O)(=O)N2CCCC2)C1. The Hall–Kier alpha value is -0.660. The van der Waals surface area contributed by atoms with Crippen molar-refractivity contribution in [3.63, 3.8) is 0 Å². The van der Waals surface area contributed by atoms with Gasteiger partial charge in [0.1, 0.15) is 0 Å². The minimum atomic E-state index is -3.42. The van der Waals surface area contributed by atoms with Crippen LogP contribution in [0.5, 0.6) is 0 Å². The average molecular weight is 262 g/mol. The van der Waals surface area contributed by atoms with Crippen LogP contribution in [0.4, 0.5) is 0 Å². The third kappa shape index (κ3) is 2.61. The zero-order chi connectivity index (χ0) is 12.5. The highest BCUT2D eigenvalue weighted by atomic mass is 32.2. The number of hydrogen-bond donors (Lipinski definition) is 1. The van der Waals surface area contributed by atoms with Crippen LogP contribution in [0.25, 0.3) is 0 Å². The Balaban J connectivity index is 2.08. The van der Waals surface area contributed by atoms with Gasteiger partial charge < -0.3 is 5.11 Å². The first-order chi connectivity index (χ1) is 8.01. The zero-order valence-electron chi connectivity index (χ0n) is 9.71. The third-order valence-electron chi connectivity index (χ3n) is 3.45. The van der Waals surface area contributed by atoms with E-state index in [0.717, 1.165) is 12.8 Å². The fraction of sp³-hybridized carbons (Fsp3) is 0.900. The number of carboxylic acid groups (broad SMARTS) is 1. The molecule has 7 heteroatoms. The molecule has 0 aromatic heterocycles. The highest BCUT2D eigenvalue weighted by molar-refractivity contribution is 7.86. The molecule has 1 atom stereocenters. The molecule has 2 fully saturated rings. The average Bonchev–Trinajstić information content (AvgIpc) is 2.83. The first kappa shape index (κ1) is 12.8. The van der Waals surface area contributed by atoms with Gasteiger partial charge in [-0.1, -0.05) is 0 Å². The Morgan fingerprint density at radius 2 is 1.65 bits per heavy atom. The molecule has 0 aliphatic carbocycles. The van der Waals surface area contributed by atoms with Crippen LogP contribution in [0.3, 0.4) is 0 Å². The van der Waals surface area contributed by atoms with E-state index in [4.69, 9.17) is 5.11 Å². The van der Waals surface area contributed by atoms with Crippen LogP contribution in [0.15, 0.2) is 0 Å². The fourth-order valence-corrected chi connectivity index (χ4v) is 4.21. The van der Waals surface area contributed by atoms with Crippen LogP contribution in [-0.2, 0) is 15.0 Å². The molecule has 98 valence electrons. The van der Waals surface area contributed by atoms with Gasteiger partial charge in [0.15, 0.2) is 0 Å². The molecule has 2 heterocycles. The Kier molecular flexibility index (Phi) is 3.70. The number of piperidine rings is 1. The van der Waals surface area contributed by atoms with Crippen molar-refractivity contribution < 1.29 is 18.3 Å². The van der Waals surface area contributed by atoms with E-state index in [-0.39, 0.29) is 6.54 Å². The molecular formula is C10H18N2O4S. The van der Waals surface area contributed by atoms with Gasteiger partial charge in [-0.25, -0.2) is 0 Å². The summed E-state index contributed by atoms with van der Waals surface area (Å²) >= 11 is 0. The van der Waals surface area contributed by atoms with Gasteiger partial charge >= 0.3 is 5.97 Å². The Labute approximate surface area is 101 Å². The maximum atomic E-state index is 12.2. The Bertz CT molecular complexity index is 389. The predicted octanol–water partition coefficient (Wildman–Crippen LogP) is 0.124. The first-order valence-electron chi connectivity index (χ1n) is 6.00. The topological polar surface area (TPSA) is 77.9 Å². The van der Waals surface area contributed by atoms with Gasteiger partial charge in [-0.15, -0.1) is 0 Å². The second kappa shape index (κ2) is 4.91. The number of carbonyl (C=O) groups is 1. The summed E-state index contributed by atoms with van der Waals surface area (Å²) in [5.41, 5.74) is 0. The van der Waals surface area contributed by atoms with Crippen LogP contribution < -0.4 is 0 Å². The number of carboxylic acids is 1. The van der Waals surface area contributed by atoms with Crippen LogP contribution in [0, 0.1) is 5.92 Å². The molecule has 0 bridgehead atoms. The lowest BCUT2D eigenvalue weighted by molar-refractivity contribution is -0.142. The second-order valence-corrected chi connectivity index (χ2v) is 6.58. The summed E-state index contributed by atoms with van der Waals surface area (Å²) in [6.07, 6.45) is 3.00. The maximum Gasteiger partial charge on any atom is 0.307 e. The van der Waals surface area contributed by atoms with Gasteiger partial charge in [-0.3, -0.25) is 4.79 Å². The van der Waals surface area contributed by atoms with Crippen LogP contribution in [0.2, 0.25) is 0 Å². The van der Waals surface area contributed by atoms with E-state index in [1.54, 1.807) is 0 Å². The highest BCUT2D eigenvalue weighted by Gasteiger charge is 2.36. The summed E-state index contributed by atoms with van der Waals surface area (Å²) in [5.74, 6) is -1.45. The summed E-state index contributed by atoms with van der Waals surface area (Å²) in [5, 5.41) is 8.95. The van der Waals surface area contributed by atoms with Gasteiger partial charge in [0.25, 0.3) is 10.2 Å². The molecule has 0 amide bonds. The van der Waals surface area contributed by atoms with E-state index in [1.165, 1.54) is 8.61 Å². The Morgan fingerprint density at radius 1 is 1.06 bits per heavy atom. The van der Waals surface area contributed by atoms with Crippen LogP contribution >= 0.6 is 0 Å². The first-order valence-corrected chi connectivity index (χ1v) is 7.39. The normalized spacial score (nSPS) is 28.4. The standard InChI is InChI=1S/C10H18N2O4S/c13-10(14)9-4-3-7-12(8-9)17(15,16)11-5-1-2-6-11/h9H,1-8H2,(H,13,14)/t9-/m0/s1. The summed E-state index contributed by atoms with van der Waals surface area (Å²) in [7, 11) is -3.42. The smallest absolute Gasteiger partial charge is 0.307 e. The molecule has 2 aliphatic heterocycles. The second-order valence-electron chi connectivity index (χ2n) is 4.65. The van der Waals surface area contributed by atoms with E-state index < -0.39 is 22.1 Å². The van der Waals surface area contributed by atoms with Crippen molar-refractivity contribution in [3.8, 4) is 0 Å². The van der Waals surface area contributed by atoms with E-state index in [2.05, 4.69) is 0 Å². The lowest BCUT2D eigenvalue weighted by Gasteiger charge is -2.32. The monoisotopic (exact) mass is 262 g/mol. The van der Waals surface area contributed by atoms with Crippen molar-refractivity contribution >= 4 is 16.2 Å². The van der Waals surface area contributed by atoms with E-state index in [1.807, 2.05) is 0 Å². The molecule has 0 saturated carbocycles. The van der Waals surface area contributed by atoms with E-state index in [9.17, 15) is 13.2 Å². The van der Waals surface area contributed by atoms with Gasteiger partial charge in [0.2, 0.25) is 0 Å². The summed E-state index contributed by atoms with van der Waals surface area (Å²) in [6, 6.07) is 0. The molecule has 2 saturated heterocycles. The number of aliphatic carboxylic acids is 1. The number of rotatable bonds is 3. The van der Waals surface area contributed by atoms with Gasteiger partial charge in [0, 0.05) is 26.2 Å². The summed E-state index contributed by atoms with van der Waals surface area (Å²) < 4.78 is 27.2. The van der Waals surface area contributed by atoms with Crippen molar-refractivity contribution in [2.24, 2.45) is 5.92 Å². The van der Waals surface area contributed by atoms with E-state index in [0.29, 0.717) is 32.5 Å². The van der Waals surface area contributed by atoms with Crippen molar-refractivity contribution in [2.75, 3.05) is 26.2 Å². The molecule has 0 radical (unpaired) electrons. The maximum absolute atomic E-state index is 12.2. The minimum absolute atomic E-state index is 0.119. The highest BCUT2D eigenvalue weighted by Crippen LogP contribution is 2.23. The van der Waals surface area contributed by atoms with E-state index >= 15 is 0 Å². The minimum Gasteiger partial charge on any atom is -0.481 e. The molecule has 2 rings (SSSR count). The largest absolute Gasteiger partial charge is 0.481 e. The van der Waals surface area contributed by atoms with Crippen molar-refractivity contribution in [1.82, 2.24) is 8.61 Å². The molecule has 17 heavy (non-hydrogen) atoms. The lowest BCUT2D eigenvalue weighted by atomic mass is 10.0. The quantitative estimate of drug-likeness (QED) is 0.784. The van der Waals surface area contributed by atoms with Crippen molar-refractivity contribution in [2.45, 2.75) is 25.7 Å².